The standard InChI is InChI=1S/C16H8BrClF3N5OS/c17-10-4-2-1-3-9(10)14-24-22-12(27-14)7-28-15-25-23-13-11(18)5-8(6-26(13)15)16(19,20)21/h1-6H,7H2. The first-order valence-corrected chi connectivity index (χ1v) is 9.80. The first-order valence-electron chi connectivity index (χ1n) is 7.64. The average molecular weight is 491 g/mol. The maximum atomic E-state index is 13.0. The van der Waals surface area contributed by atoms with Crippen molar-refractivity contribution in [3.05, 3.63) is 57.5 Å². The summed E-state index contributed by atoms with van der Waals surface area (Å²) in [7, 11) is 0. The van der Waals surface area contributed by atoms with E-state index in [-0.39, 0.29) is 21.6 Å². The van der Waals surface area contributed by atoms with E-state index in [9.17, 15) is 13.2 Å². The predicted molar refractivity (Wildman–Crippen MR) is 100.0 cm³/mol. The second kappa shape index (κ2) is 7.37. The van der Waals surface area contributed by atoms with E-state index < -0.39 is 11.7 Å². The Labute approximate surface area is 173 Å². The number of halogens is 5. The molecule has 3 heterocycles. The Kier molecular flexibility index (Phi) is 5.06. The molecule has 6 nitrogen and oxygen atoms in total. The van der Waals surface area contributed by atoms with Gasteiger partial charge in [-0.3, -0.25) is 4.40 Å². The van der Waals surface area contributed by atoms with Gasteiger partial charge in [-0.05, 0) is 34.1 Å². The van der Waals surface area contributed by atoms with Gasteiger partial charge in [-0.1, -0.05) is 35.5 Å². The highest BCUT2D eigenvalue weighted by Gasteiger charge is 2.32. The van der Waals surface area contributed by atoms with E-state index in [0.717, 1.165) is 34.1 Å². The molecule has 4 rings (SSSR count). The van der Waals surface area contributed by atoms with Gasteiger partial charge in [0.2, 0.25) is 11.8 Å². The molecule has 0 unspecified atom stereocenters. The molecule has 28 heavy (non-hydrogen) atoms. The van der Waals surface area contributed by atoms with Crippen LogP contribution in [0.2, 0.25) is 5.02 Å². The Hall–Kier alpha value is -2.11. The summed E-state index contributed by atoms with van der Waals surface area (Å²) in [5.41, 5.74) is -0.0157. The maximum absolute atomic E-state index is 13.0. The van der Waals surface area contributed by atoms with Gasteiger partial charge in [-0.15, -0.1) is 20.4 Å². The molecule has 4 aromatic rings. The number of hydrogen-bond acceptors (Lipinski definition) is 6. The van der Waals surface area contributed by atoms with Gasteiger partial charge in [0.15, 0.2) is 10.8 Å². The van der Waals surface area contributed by atoms with E-state index in [4.69, 9.17) is 16.0 Å². The van der Waals surface area contributed by atoms with E-state index in [1.165, 1.54) is 4.40 Å². The normalized spacial score (nSPS) is 12.0. The summed E-state index contributed by atoms with van der Waals surface area (Å²) < 4.78 is 46.7. The summed E-state index contributed by atoms with van der Waals surface area (Å²) in [5.74, 6) is 0.828. The molecular weight excluding hydrogens is 483 g/mol. The largest absolute Gasteiger partial charge is 0.420 e. The fourth-order valence-electron chi connectivity index (χ4n) is 2.37. The maximum Gasteiger partial charge on any atom is 0.417 e. The third-order valence-electron chi connectivity index (χ3n) is 3.65. The molecule has 0 saturated heterocycles. The average Bonchev–Trinajstić information content (AvgIpc) is 3.26. The Morgan fingerprint density at radius 1 is 1.14 bits per heavy atom. The molecular formula is C16H8BrClF3N5OS. The molecule has 1 aromatic carbocycles. The lowest BCUT2D eigenvalue weighted by atomic mass is 10.2. The van der Waals surface area contributed by atoms with Gasteiger partial charge in [0.05, 0.1) is 21.9 Å². The van der Waals surface area contributed by atoms with Crippen molar-refractivity contribution < 1.29 is 17.6 Å². The van der Waals surface area contributed by atoms with Crippen LogP contribution in [0.5, 0.6) is 0 Å². The molecule has 0 spiro atoms. The fourth-order valence-corrected chi connectivity index (χ4v) is 3.82. The van der Waals surface area contributed by atoms with Crippen LogP contribution in [0.3, 0.4) is 0 Å². The Morgan fingerprint density at radius 3 is 2.68 bits per heavy atom. The van der Waals surface area contributed by atoms with Crippen LogP contribution in [-0.4, -0.2) is 24.8 Å². The van der Waals surface area contributed by atoms with E-state index in [1.54, 1.807) is 0 Å². The second-order valence-corrected chi connectivity index (χ2v) is 7.72. The van der Waals surface area contributed by atoms with Crippen molar-refractivity contribution in [3.63, 3.8) is 0 Å². The minimum atomic E-state index is -4.53. The number of pyridine rings is 1. The van der Waals surface area contributed by atoms with Gasteiger partial charge in [-0.2, -0.15) is 13.2 Å². The number of thioether (sulfide) groups is 1. The number of alkyl halides is 3. The topological polar surface area (TPSA) is 69.1 Å². The van der Waals surface area contributed by atoms with Crippen LogP contribution < -0.4 is 0 Å². The van der Waals surface area contributed by atoms with Crippen molar-refractivity contribution in [1.29, 1.82) is 0 Å². The molecule has 144 valence electrons. The zero-order chi connectivity index (χ0) is 19.9. The number of fused-ring (bicyclic) bond motifs is 1. The number of aromatic nitrogens is 5. The summed E-state index contributed by atoms with van der Waals surface area (Å²) in [6.45, 7) is 0. The molecule has 0 N–H and O–H groups in total. The molecule has 0 aliphatic carbocycles. The van der Waals surface area contributed by atoms with E-state index >= 15 is 0 Å². The SMILES string of the molecule is FC(F)(F)c1cc(Cl)c2nnc(SCc3nnc(-c4ccccc4Br)o3)n2c1. The number of benzene rings is 1. The lowest BCUT2D eigenvalue weighted by Gasteiger charge is -2.08. The molecule has 3 aromatic heterocycles. The first kappa shape index (κ1) is 19.2. The van der Waals surface area contributed by atoms with Crippen molar-refractivity contribution >= 4 is 44.9 Å². The van der Waals surface area contributed by atoms with Gasteiger partial charge < -0.3 is 4.42 Å². The molecule has 0 atom stereocenters. The quantitative estimate of drug-likeness (QED) is 0.352. The third-order valence-corrected chi connectivity index (χ3v) is 5.55. The van der Waals surface area contributed by atoms with E-state index in [1.807, 2.05) is 24.3 Å². The Bertz CT molecular complexity index is 1160. The molecule has 0 fully saturated rings. The monoisotopic (exact) mass is 489 g/mol. The zero-order valence-electron chi connectivity index (χ0n) is 13.6. The van der Waals surface area contributed by atoms with Crippen LogP contribution in [0.15, 0.2) is 50.6 Å². The third kappa shape index (κ3) is 3.74. The van der Waals surface area contributed by atoms with Gasteiger partial charge in [0.1, 0.15) is 0 Å². The molecule has 0 aliphatic rings. The van der Waals surface area contributed by atoms with Crippen LogP contribution in [0.1, 0.15) is 11.5 Å². The zero-order valence-corrected chi connectivity index (χ0v) is 16.8. The van der Waals surface area contributed by atoms with Crippen molar-refractivity contribution in [1.82, 2.24) is 24.8 Å². The van der Waals surface area contributed by atoms with Crippen molar-refractivity contribution in [3.8, 4) is 11.5 Å². The molecule has 0 saturated carbocycles. The van der Waals surface area contributed by atoms with E-state index in [2.05, 4.69) is 36.3 Å². The smallest absolute Gasteiger partial charge is 0.417 e. The Morgan fingerprint density at radius 2 is 1.93 bits per heavy atom. The molecule has 0 aliphatic heterocycles. The minimum Gasteiger partial charge on any atom is -0.420 e. The highest BCUT2D eigenvalue weighted by atomic mass is 79.9. The first-order chi connectivity index (χ1) is 13.3. The second-order valence-electron chi connectivity index (χ2n) is 5.52. The predicted octanol–water partition coefficient (Wildman–Crippen LogP) is 5.51. The molecule has 0 amide bonds. The number of nitrogens with zero attached hydrogens (tertiary/aromatic N) is 5. The lowest BCUT2D eigenvalue weighted by Crippen LogP contribution is -2.07. The molecule has 0 radical (unpaired) electrons. The van der Waals surface area contributed by atoms with Crippen LogP contribution in [0.4, 0.5) is 13.2 Å². The minimum absolute atomic E-state index is 0.136. The Balaban J connectivity index is 1.58. The highest BCUT2D eigenvalue weighted by molar-refractivity contribution is 9.10. The van der Waals surface area contributed by atoms with Gasteiger partial charge in [0, 0.05) is 10.7 Å². The molecule has 0 bridgehead atoms. The van der Waals surface area contributed by atoms with Gasteiger partial charge in [-0.25, -0.2) is 0 Å². The van der Waals surface area contributed by atoms with E-state index in [0.29, 0.717) is 11.8 Å². The summed E-state index contributed by atoms with van der Waals surface area (Å²) in [6.07, 6.45) is -3.63. The highest BCUT2D eigenvalue weighted by Crippen LogP contribution is 2.34. The number of hydrogen-bond donors (Lipinski definition) is 0. The lowest BCUT2D eigenvalue weighted by molar-refractivity contribution is -0.137. The van der Waals surface area contributed by atoms with Crippen molar-refractivity contribution in [2.45, 2.75) is 17.1 Å². The van der Waals surface area contributed by atoms with Crippen LogP contribution in [0.25, 0.3) is 17.1 Å². The van der Waals surface area contributed by atoms with Crippen LogP contribution in [-0.2, 0) is 11.9 Å². The van der Waals surface area contributed by atoms with Gasteiger partial charge >= 0.3 is 6.18 Å². The van der Waals surface area contributed by atoms with Crippen molar-refractivity contribution in [2.75, 3.05) is 0 Å². The van der Waals surface area contributed by atoms with Crippen LogP contribution >= 0.6 is 39.3 Å². The van der Waals surface area contributed by atoms with Gasteiger partial charge in [0.25, 0.3) is 0 Å². The summed E-state index contributed by atoms with van der Waals surface area (Å²) in [5, 5.41) is 15.8. The summed E-state index contributed by atoms with van der Waals surface area (Å²) >= 11 is 10.4. The van der Waals surface area contributed by atoms with Crippen molar-refractivity contribution in [2.24, 2.45) is 0 Å². The summed E-state index contributed by atoms with van der Waals surface area (Å²) in [6, 6.07) is 8.18. The van der Waals surface area contributed by atoms with Crippen LogP contribution in [0, 0.1) is 0 Å². The molecule has 12 heteroatoms. The number of rotatable bonds is 4. The fraction of sp³-hybridized carbons (Fsp3) is 0.125. The summed E-state index contributed by atoms with van der Waals surface area (Å²) in [4.78, 5) is 0.